The second-order valence-electron chi connectivity index (χ2n) is 4.43. The van der Waals surface area contributed by atoms with E-state index in [2.05, 4.69) is 5.32 Å². The smallest absolute Gasteiger partial charge is 0.318 e. The minimum absolute atomic E-state index is 0.119. The fourth-order valence-electron chi connectivity index (χ4n) is 1.88. The van der Waals surface area contributed by atoms with Gasteiger partial charge in [-0.15, -0.1) is 0 Å². The van der Waals surface area contributed by atoms with Gasteiger partial charge in [0.05, 0.1) is 19.3 Å². The number of nitrogens with zero attached hydrogens (tertiary/aromatic N) is 1. The molecule has 0 aliphatic carbocycles. The van der Waals surface area contributed by atoms with E-state index < -0.39 is 23.7 Å². The van der Waals surface area contributed by atoms with Crippen LogP contribution in [0.25, 0.3) is 0 Å². The molecule has 0 saturated carbocycles. The van der Waals surface area contributed by atoms with Crippen molar-refractivity contribution in [3.05, 3.63) is 35.4 Å². The molecule has 2 N–H and O–H groups in total. The molecule has 118 valence electrons. The normalized spacial score (nSPS) is 12.0. The third-order valence-corrected chi connectivity index (χ3v) is 3.02. The standard InChI is InChI=1S/C14H20F2N2O3/c1-3-18(6-7-19)14(20)17-13(9-21-2)10-4-5-11(15)12(16)8-10/h4-5,8,13,19H,3,6-7,9H2,1-2H3,(H,17,20). The van der Waals surface area contributed by atoms with Crippen LogP contribution in [0.2, 0.25) is 0 Å². The molecule has 1 aromatic carbocycles. The quantitative estimate of drug-likeness (QED) is 0.805. The highest BCUT2D eigenvalue weighted by Crippen LogP contribution is 2.17. The molecule has 1 rings (SSSR count). The van der Waals surface area contributed by atoms with Crippen molar-refractivity contribution < 1.29 is 23.4 Å². The van der Waals surface area contributed by atoms with Crippen molar-refractivity contribution in [2.24, 2.45) is 0 Å². The highest BCUT2D eigenvalue weighted by molar-refractivity contribution is 5.74. The summed E-state index contributed by atoms with van der Waals surface area (Å²) in [5.74, 6) is -1.93. The zero-order valence-electron chi connectivity index (χ0n) is 12.1. The van der Waals surface area contributed by atoms with E-state index in [1.165, 1.54) is 18.1 Å². The number of methoxy groups -OCH3 is 1. The number of benzene rings is 1. The number of carbonyl (C=O) groups excluding carboxylic acids is 1. The van der Waals surface area contributed by atoms with Crippen molar-refractivity contribution >= 4 is 6.03 Å². The molecule has 0 radical (unpaired) electrons. The Morgan fingerprint density at radius 2 is 2.14 bits per heavy atom. The molecule has 2 amide bonds. The van der Waals surface area contributed by atoms with Crippen molar-refractivity contribution in [2.75, 3.05) is 33.4 Å². The van der Waals surface area contributed by atoms with Gasteiger partial charge in [-0.2, -0.15) is 0 Å². The van der Waals surface area contributed by atoms with E-state index >= 15 is 0 Å². The van der Waals surface area contributed by atoms with E-state index in [1.807, 2.05) is 0 Å². The number of likely N-dealkylation sites (N-methyl/N-ethyl adjacent to an activating group) is 1. The molecule has 0 aromatic heterocycles. The zero-order valence-corrected chi connectivity index (χ0v) is 12.1. The van der Waals surface area contributed by atoms with Gasteiger partial charge in [-0.25, -0.2) is 13.6 Å². The summed E-state index contributed by atoms with van der Waals surface area (Å²) in [6, 6.07) is 2.42. The first kappa shape index (κ1) is 17.3. The zero-order chi connectivity index (χ0) is 15.8. The van der Waals surface area contributed by atoms with Crippen LogP contribution in [0.5, 0.6) is 0 Å². The summed E-state index contributed by atoms with van der Waals surface area (Å²) in [5.41, 5.74) is 0.407. The van der Waals surface area contributed by atoms with Crippen molar-refractivity contribution in [1.29, 1.82) is 0 Å². The van der Waals surface area contributed by atoms with Crippen LogP contribution in [0.4, 0.5) is 13.6 Å². The second-order valence-corrected chi connectivity index (χ2v) is 4.43. The monoisotopic (exact) mass is 302 g/mol. The van der Waals surface area contributed by atoms with E-state index in [0.29, 0.717) is 12.1 Å². The number of aliphatic hydroxyl groups excluding tert-OH is 1. The number of urea groups is 1. The molecule has 0 bridgehead atoms. The SMILES string of the molecule is CCN(CCO)C(=O)NC(COC)c1ccc(F)c(F)c1. The Balaban J connectivity index is 2.85. The van der Waals surface area contributed by atoms with E-state index in [-0.39, 0.29) is 19.8 Å². The summed E-state index contributed by atoms with van der Waals surface area (Å²) in [7, 11) is 1.45. The number of carbonyl (C=O) groups is 1. The van der Waals surface area contributed by atoms with Crippen LogP contribution in [0.1, 0.15) is 18.5 Å². The maximum atomic E-state index is 13.3. The van der Waals surface area contributed by atoms with Gasteiger partial charge in [-0.3, -0.25) is 0 Å². The fourth-order valence-corrected chi connectivity index (χ4v) is 1.88. The number of nitrogens with one attached hydrogen (secondary N) is 1. The number of rotatable bonds is 7. The van der Waals surface area contributed by atoms with Crippen LogP contribution in [0.15, 0.2) is 18.2 Å². The number of hydrogen-bond donors (Lipinski definition) is 2. The Hall–Kier alpha value is -1.73. The topological polar surface area (TPSA) is 61.8 Å². The molecule has 0 fully saturated rings. The van der Waals surface area contributed by atoms with E-state index in [0.717, 1.165) is 12.1 Å². The molecule has 0 heterocycles. The maximum absolute atomic E-state index is 13.3. The lowest BCUT2D eigenvalue weighted by atomic mass is 10.1. The fraction of sp³-hybridized carbons (Fsp3) is 0.500. The molecule has 7 heteroatoms. The lowest BCUT2D eigenvalue weighted by Crippen LogP contribution is -2.43. The summed E-state index contributed by atoms with van der Waals surface area (Å²) in [6.45, 7) is 2.36. The molecule has 1 atom stereocenters. The first-order valence-corrected chi connectivity index (χ1v) is 6.63. The summed E-state index contributed by atoms with van der Waals surface area (Å²) in [4.78, 5) is 13.5. The average molecular weight is 302 g/mol. The lowest BCUT2D eigenvalue weighted by Gasteiger charge is -2.25. The van der Waals surface area contributed by atoms with Gasteiger partial charge in [-0.05, 0) is 24.6 Å². The molecule has 0 saturated heterocycles. The van der Waals surface area contributed by atoms with Crippen molar-refractivity contribution in [3.8, 4) is 0 Å². The molecular weight excluding hydrogens is 282 g/mol. The van der Waals surface area contributed by atoms with Crippen molar-refractivity contribution in [2.45, 2.75) is 13.0 Å². The van der Waals surface area contributed by atoms with Crippen LogP contribution in [-0.2, 0) is 4.74 Å². The minimum atomic E-state index is -0.981. The van der Waals surface area contributed by atoms with Crippen LogP contribution in [0.3, 0.4) is 0 Å². The molecule has 1 aromatic rings. The van der Waals surface area contributed by atoms with Crippen LogP contribution >= 0.6 is 0 Å². The van der Waals surface area contributed by atoms with Crippen LogP contribution in [-0.4, -0.2) is 49.5 Å². The second kappa shape index (κ2) is 8.53. The molecular formula is C14H20F2N2O3. The highest BCUT2D eigenvalue weighted by Gasteiger charge is 2.19. The molecule has 0 spiro atoms. The first-order valence-electron chi connectivity index (χ1n) is 6.63. The summed E-state index contributed by atoms with van der Waals surface area (Å²) in [6.07, 6.45) is 0. The number of hydrogen-bond acceptors (Lipinski definition) is 3. The summed E-state index contributed by atoms with van der Waals surface area (Å²) in [5, 5.41) is 11.6. The maximum Gasteiger partial charge on any atom is 0.318 e. The van der Waals surface area contributed by atoms with Gasteiger partial charge in [0.25, 0.3) is 0 Å². The Morgan fingerprint density at radius 1 is 1.43 bits per heavy atom. The van der Waals surface area contributed by atoms with Gasteiger partial charge >= 0.3 is 6.03 Å². The molecule has 21 heavy (non-hydrogen) atoms. The lowest BCUT2D eigenvalue weighted by molar-refractivity contribution is 0.149. The predicted octanol–water partition coefficient (Wildman–Crippen LogP) is 1.68. The largest absolute Gasteiger partial charge is 0.395 e. The van der Waals surface area contributed by atoms with Gasteiger partial charge < -0.3 is 20.1 Å². The third kappa shape index (κ3) is 4.95. The van der Waals surface area contributed by atoms with Crippen molar-refractivity contribution in [3.63, 3.8) is 0 Å². The molecule has 0 aliphatic rings. The highest BCUT2D eigenvalue weighted by atomic mass is 19.2. The Kier molecular flexibility index (Phi) is 7.04. The Morgan fingerprint density at radius 3 is 2.67 bits per heavy atom. The predicted molar refractivity (Wildman–Crippen MR) is 73.8 cm³/mol. The number of ether oxygens (including phenoxy) is 1. The van der Waals surface area contributed by atoms with Gasteiger partial charge in [0.1, 0.15) is 0 Å². The third-order valence-electron chi connectivity index (χ3n) is 3.02. The Labute approximate surface area is 122 Å². The van der Waals surface area contributed by atoms with Gasteiger partial charge in [0.15, 0.2) is 11.6 Å². The van der Waals surface area contributed by atoms with Crippen molar-refractivity contribution in [1.82, 2.24) is 10.2 Å². The van der Waals surface area contributed by atoms with Crippen LogP contribution in [0, 0.1) is 11.6 Å². The van der Waals surface area contributed by atoms with Gasteiger partial charge in [-0.1, -0.05) is 6.07 Å². The van der Waals surface area contributed by atoms with Gasteiger partial charge in [0, 0.05) is 20.2 Å². The number of halogens is 2. The minimum Gasteiger partial charge on any atom is -0.395 e. The molecule has 0 aliphatic heterocycles. The number of amides is 2. The van der Waals surface area contributed by atoms with Gasteiger partial charge in [0.2, 0.25) is 0 Å². The van der Waals surface area contributed by atoms with E-state index in [4.69, 9.17) is 9.84 Å². The average Bonchev–Trinajstić information content (AvgIpc) is 2.47. The van der Waals surface area contributed by atoms with E-state index in [1.54, 1.807) is 6.92 Å². The van der Waals surface area contributed by atoms with Crippen LogP contribution < -0.4 is 5.32 Å². The Bertz CT molecular complexity index is 472. The molecule has 1 unspecified atom stereocenters. The summed E-state index contributed by atoms with van der Waals surface area (Å²) >= 11 is 0. The molecule has 5 nitrogen and oxygen atoms in total. The summed E-state index contributed by atoms with van der Waals surface area (Å²) < 4.78 is 31.3. The first-order chi connectivity index (χ1) is 10.0. The number of aliphatic hydroxyl groups is 1. The van der Waals surface area contributed by atoms with E-state index in [9.17, 15) is 13.6 Å².